The van der Waals surface area contributed by atoms with Crippen LogP contribution in [0.2, 0.25) is 0 Å². The Bertz CT molecular complexity index is 973. The Balaban J connectivity index is 2.60. The summed E-state index contributed by atoms with van der Waals surface area (Å²) in [7, 11) is 3.17. The van der Waals surface area contributed by atoms with Gasteiger partial charge in [0, 0.05) is 20.3 Å². The van der Waals surface area contributed by atoms with E-state index < -0.39 is 0 Å². The number of nitriles is 2. The third kappa shape index (κ3) is 4.36. The zero-order chi connectivity index (χ0) is 18.2. The zero-order valence-electron chi connectivity index (χ0n) is 14.0. The van der Waals surface area contributed by atoms with Crippen molar-refractivity contribution in [2.24, 2.45) is 0 Å². The summed E-state index contributed by atoms with van der Waals surface area (Å²) in [6.07, 6.45) is 2.36. The van der Waals surface area contributed by atoms with E-state index in [0.717, 1.165) is 22.6 Å². The Hall–Kier alpha value is -2.87. The maximum atomic E-state index is 12.7. The molecule has 0 amide bonds. The molecule has 1 aromatic carbocycles. The number of aromatic nitrogens is 1. The number of hydrogen-bond acceptors (Lipinski definition) is 6. The lowest BCUT2D eigenvalue weighted by molar-refractivity contribution is 0.190. The lowest BCUT2D eigenvalue weighted by Gasteiger charge is -2.01. The molecule has 0 radical (unpaired) electrons. The van der Waals surface area contributed by atoms with Gasteiger partial charge in [0.2, 0.25) is 0 Å². The van der Waals surface area contributed by atoms with Crippen molar-refractivity contribution in [3.8, 4) is 17.9 Å². The molecule has 128 valence electrons. The van der Waals surface area contributed by atoms with Gasteiger partial charge in [-0.05, 0) is 30.2 Å². The van der Waals surface area contributed by atoms with Crippen molar-refractivity contribution in [2.45, 2.75) is 13.0 Å². The Morgan fingerprint density at radius 3 is 2.48 bits per heavy atom. The Morgan fingerprint density at radius 1 is 1.24 bits per heavy atom. The van der Waals surface area contributed by atoms with Crippen LogP contribution in [0.25, 0.3) is 11.6 Å². The molecule has 1 heterocycles. The first-order valence-electron chi connectivity index (χ1n) is 7.53. The van der Waals surface area contributed by atoms with Crippen LogP contribution in [0.1, 0.15) is 12.0 Å². The normalized spacial score (nSPS) is 11.0. The van der Waals surface area contributed by atoms with E-state index in [1.54, 1.807) is 32.4 Å². The second-order valence-corrected chi connectivity index (χ2v) is 6.12. The van der Waals surface area contributed by atoms with E-state index >= 15 is 0 Å². The molecule has 0 N–H and O–H groups in total. The Morgan fingerprint density at radius 2 is 1.92 bits per heavy atom. The van der Waals surface area contributed by atoms with Crippen molar-refractivity contribution in [1.82, 2.24) is 4.57 Å². The summed E-state index contributed by atoms with van der Waals surface area (Å²) < 4.78 is 12.5. The van der Waals surface area contributed by atoms with Crippen LogP contribution in [0, 0.1) is 22.7 Å². The predicted octanol–water partition coefficient (Wildman–Crippen LogP) is 0.982. The minimum Gasteiger partial charge on any atom is -0.497 e. The topological polar surface area (TPSA) is 88.0 Å². The van der Waals surface area contributed by atoms with Crippen molar-refractivity contribution < 1.29 is 9.47 Å². The standard InChI is InChI=1S/C18H17N3O3S/c1-23-9-3-8-21-17(22)16(25-18(21)14(11-19)12-20)10-13-4-6-15(24-2)7-5-13/h4-7,10H,3,8-9H2,1-2H3/b16-10-. The van der Waals surface area contributed by atoms with Gasteiger partial charge < -0.3 is 9.47 Å². The van der Waals surface area contributed by atoms with Gasteiger partial charge in [0.05, 0.1) is 11.6 Å². The highest BCUT2D eigenvalue weighted by molar-refractivity contribution is 7.07. The minimum absolute atomic E-state index is 0.0612. The van der Waals surface area contributed by atoms with Crippen LogP contribution < -0.4 is 19.5 Å². The smallest absolute Gasteiger partial charge is 0.269 e. The highest BCUT2D eigenvalue weighted by atomic mass is 32.1. The van der Waals surface area contributed by atoms with E-state index in [1.165, 1.54) is 4.57 Å². The molecular formula is C18H17N3O3S. The molecule has 7 heteroatoms. The minimum atomic E-state index is -0.213. The maximum Gasteiger partial charge on any atom is 0.269 e. The summed E-state index contributed by atoms with van der Waals surface area (Å²) in [6, 6.07) is 11.0. The first-order chi connectivity index (χ1) is 12.1. The number of thiazole rings is 1. The van der Waals surface area contributed by atoms with Gasteiger partial charge in [0.25, 0.3) is 5.56 Å². The van der Waals surface area contributed by atoms with Gasteiger partial charge in [-0.2, -0.15) is 10.5 Å². The number of methoxy groups -OCH3 is 2. The van der Waals surface area contributed by atoms with Crippen molar-refractivity contribution in [1.29, 1.82) is 10.5 Å². The van der Waals surface area contributed by atoms with E-state index in [2.05, 4.69) is 0 Å². The molecule has 2 aromatic rings. The molecule has 25 heavy (non-hydrogen) atoms. The summed E-state index contributed by atoms with van der Waals surface area (Å²) >= 11 is 1.15. The van der Waals surface area contributed by atoms with Crippen molar-refractivity contribution in [3.63, 3.8) is 0 Å². The third-order valence-electron chi connectivity index (χ3n) is 3.49. The number of nitrogens with zero attached hydrogens (tertiary/aromatic N) is 3. The van der Waals surface area contributed by atoms with E-state index in [0.29, 0.717) is 28.8 Å². The van der Waals surface area contributed by atoms with Crippen LogP contribution in [-0.4, -0.2) is 25.4 Å². The quantitative estimate of drug-likeness (QED) is 0.721. The van der Waals surface area contributed by atoms with Crippen LogP contribution in [0.3, 0.4) is 0 Å². The molecule has 2 rings (SSSR count). The van der Waals surface area contributed by atoms with Crippen LogP contribution in [0.5, 0.6) is 5.75 Å². The molecule has 0 aliphatic heterocycles. The second kappa shape index (κ2) is 8.84. The van der Waals surface area contributed by atoms with Crippen LogP contribution in [0.4, 0.5) is 0 Å². The summed E-state index contributed by atoms with van der Waals surface area (Å²) in [5, 5.41) is 18.3. The van der Waals surface area contributed by atoms with Crippen LogP contribution in [0.15, 0.2) is 29.1 Å². The zero-order valence-corrected chi connectivity index (χ0v) is 14.8. The molecule has 0 unspecified atom stereocenters. The van der Waals surface area contributed by atoms with Crippen LogP contribution in [-0.2, 0) is 11.3 Å². The lowest BCUT2D eigenvalue weighted by atomic mass is 10.2. The fourth-order valence-electron chi connectivity index (χ4n) is 2.25. The number of ether oxygens (including phenoxy) is 2. The highest BCUT2D eigenvalue weighted by Gasteiger charge is 2.09. The number of benzene rings is 1. The third-order valence-corrected chi connectivity index (χ3v) is 4.62. The van der Waals surface area contributed by atoms with Crippen molar-refractivity contribution >= 4 is 23.0 Å². The molecule has 0 saturated carbocycles. The van der Waals surface area contributed by atoms with E-state index in [1.807, 2.05) is 24.3 Å². The van der Waals surface area contributed by atoms with E-state index in [-0.39, 0.29) is 11.1 Å². The van der Waals surface area contributed by atoms with Gasteiger partial charge in [-0.15, -0.1) is 11.3 Å². The van der Waals surface area contributed by atoms with Gasteiger partial charge in [0.1, 0.15) is 22.6 Å². The molecule has 0 bridgehead atoms. The summed E-state index contributed by atoms with van der Waals surface area (Å²) in [6.45, 7) is 0.884. The van der Waals surface area contributed by atoms with Gasteiger partial charge in [-0.1, -0.05) is 12.1 Å². The largest absolute Gasteiger partial charge is 0.497 e. The SMILES string of the molecule is COCCCn1c(=C(C#N)C#N)s/c(=C\c2ccc(OC)cc2)c1=O. The molecule has 6 nitrogen and oxygen atoms in total. The molecule has 1 aromatic heterocycles. The van der Waals surface area contributed by atoms with Gasteiger partial charge >= 0.3 is 0 Å². The first kappa shape index (κ1) is 18.5. The number of rotatable bonds is 6. The first-order valence-corrected chi connectivity index (χ1v) is 8.35. The molecule has 0 spiro atoms. The fraction of sp³-hybridized carbons (Fsp3) is 0.278. The predicted molar refractivity (Wildman–Crippen MR) is 95.5 cm³/mol. The fourth-order valence-corrected chi connectivity index (χ4v) is 3.33. The summed E-state index contributed by atoms with van der Waals surface area (Å²) in [5.74, 6) is 0.727. The average Bonchev–Trinajstić information content (AvgIpc) is 2.93. The maximum absolute atomic E-state index is 12.7. The molecule has 0 aliphatic rings. The van der Waals surface area contributed by atoms with E-state index in [4.69, 9.17) is 20.0 Å². The Kier molecular flexibility index (Phi) is 6.53. The van der Waals surface area contributed by atoms with Gasteiger partial charge in [0.15, 0.2) is 5.57 Å². The van der Waals surface area contributed by atoms with E-state index in [9.17, 15) is 4.79 Å². The molecular weight excluding hydrogens is 338 g/mol. The molecule has 0 saturated heterocycles. The molecule has 0 fully saturated rings. The van der Waals surface area contributed by atoms with Crippen molar-refractivity contribution in [3.05, 3.63) is 49.4 Å². The summed E-state index contributed by atoms with van der Waals surface area (Å²) in [4.78, 5) is 12.7. The molecule has 0 atom stereocenters. The average molecular weight is 355 g/mol. The molecule has 0 aliphatic carbocycles. The van der Waals surface area contributed by atoms with Gasteiger partial charge in [-0.3, -0.25) is 9.36 Å². The highest BCUT2D eigenvalue weighted by Crippen LogP contribution is 2.11. The monoisotopic (exact) mass is 355 g/mol. The summed E-state index contributed by atoms with van der Waals surface area (Å²) in [5.41, 5.74) is 0.564. The van der Waals surface area contributed by atoms with Crippen molar-refractivity contribution in [2.75, 3.05) is 20.8 Å². The van der Waals surface area contributed by atoms with Crippen LogP contribution >= 0.6 is 11.3 Å². The lowest BCUT2D eigenvalue weighted by Crippen LogP contribution is -2.32. The van der Waals surface area contributed by atoms with Gasteiger partial charge in [-0.25, -0.2) is 0 Å². The Labute approximate surface area is 149 Å². The second-order valence-electron chi connectivity index (χ2n) is 5.09. The number of hydrogen-bond donors (Lipinski definition) is 0.